The van der Waals surface area contributed by atoms with Gasteiger partial charge < -0.3 is 14.8 Å². The van der Waals surface area contributed by atoms with Gasteiger partial charge in [-0.3, -0.25) is 14.9 Å². The lowest BCUT2D eigenvalue weighted by Crippen LogP contribution is -2.40. The van der Waals surface area contributed by atoms with Crippen molar-refractivity contribution < 1.29 is 27.6 Å². The van der Waals surface area contributed by atoms with E-state index in [0.29, 0.717) is 17.0 Å². The molecule has 1 aromatic heterocycles. The third-order valence-corrected chi connectivity index (χ3v) is 7.37. The van der Waals surface area contributed by atoms with E-state index in [1.807, 2.05) is 0 Å². The molecule has 0 aliphatic heterocycles. The molecule has 202 valence electrons. The zero-order valence-corrected chi connectivity index (χ0v) is 22.5. The van der Waals surface area contributed by atoms with Gasteiger partial charge in [0, 0.05) is 29.3 Å². The Morgan fingerprint density at radius 3 is 2.37 bits per heavy atom. The van der Waals surface area contributed by atoms with Crippen LogP contribution in [0.25, 0.3) is 5.69 Å². The van der Waals surface area contributed by atoms with Crippen molar-refractivity contribution in [1.29, 1.82) is 0 Å². The first kappa shape index (κ1) is 27.1. The van der Waals surface area contributed by atoms with Gasteiger partial charge in [0.05, 0.1) is 17.7 Å². The maximum atomic E-state index is 13.3. The molecule has 12 nitrogen and oxygen atoms in total. The number of ether oxygens (including phenoxy) is 2. The van der Waals surface area contributed by atoms with Crippen molar-refractivity contribution in [1.82, 2.24) is 19.8 Å². The first-order chi connectivity index (χ1) is 17.8. The number of rotatable bonds is 9. The lowest BCUT2D eigenvalue weighted by molar-refractivity contribution is -0.385. The third kappa shape index (κ3) is 5.94. The van der Waals surface area contributed by atoms with E-state index in [1.54, 1.807) is 52.0 Å². The molecule has 1 fully saturated rings. The molecule has 2 aromatic carbocycles. The number of carbonyl (C=O) groups is 1. The highest BCUT2D eigenvalue weighted by atomic mass is 32.2. The van der Waals surface area contributed by atoms with E-state index in [4.69, 9.17) is 9.47 Å². The first-order valence-corrected chi connectivity index (χ1v) is 13.3. The van der Waals surface area contributed by atoms with E-state index in [1.165, 1.54) is 17.9 Å². The van der Waals surface area contributed by atoms with Crippen LogP contribution in [0.2, 0.25) is 0 Å². The molecule has 0 bridgehead atoms. The standard InChI is InChI=1S/C25H29N5O7S/c1-15-22(23(31)26-16-6-7-16)27-29(17-8-11-19(36-5)12-9-17)24(15)37-20-13-10-18(30(32)33)14-21(20)38(34,35)28-25(2,3)4/h8-14,16,28H,6-7H2,1-5H3,(H,26,31). The topological polar surface area (TPSA) is 155 Å². The monoisotopic (exact) mass is 543 g/mol. The molecule has 1 saturated carbocycles. The van der Waals surface area contributed by atoms with Gasteiger partial charge in [0.1, 0.15) is 16.4 Å². The number of carbonyl (C=O) groups excluding carboxylic acids is 1. The van der Waals surface area contributed by atoms with Crippen LogP contribution in [0.1, 0.15) is 49.7 Å². The minimum Gasteiger partial charge on any atom is -0.497 e. The molecule has 2 N–H and O–H groups in total. The summed E-state index contributed by atoms with van der Waals surface area (Å²) in [5.41, 5.74) is -0.286. The highest BCUT2D eigenvalue weighted by Gasteiger charge is 2.31. The number of nitrogens with one attached hydrogen (secondary N) is 2. The van der Waals surface area contributed by atoms with Crippen molar-refractivity contribution in [2.24, 2.45) is 0 Å². The molecule has 4 rings (SSSR count). The quantitative estimate of drug-likeness (QED) is 0.305. The highest BCUT2D eigenvalue weighted by Crippen LogP contribution is 2.36. The van der Waals surface area contributed by atoms with E-state index in [-0.39, 0.29) is 29.3 Å². The van der Waals surface area contributed by atoms with Crippen LogP contribution in [0.15, 0.2) is 47.4 Å². The van der Waals surface area contributed by atoms with Crippen LogP contribution >= 0.6 is 0 Å². The van der Waals surface area contributed by atoms with E-state index in [0.717, 1.165) is 25.0 Å². The van der Waals surface area contributed by atoms with Gasteiger partial charge >= 0.3 is 0 Å². The number of methoxy groups -OCH3 is 1. The molecule has 0 unspecified atom stereocenters. The smallest absolute Gasteiger partial charge is 0.272 e. The van der Waals surface area contributed by atoms with Crippen LogP contribution in [0.3, 0.4) is 0 Å². The summed E-state index contributed by atoms with van der Waals surface area (Å²) in [5, 5.41) is 18.8. The largest absolute Gasteiger partial charge is 0.497 e. The predicted octanol–water partition coefficient (Wildman–Crippen LogP) is 3.86. The Labute approximate surface area is 220 Å². The van der Waals surface area contributed by atoms with Crippen LogP contribution in [0.4, 0.5) is 5.69 Å². The SMILES string of the molecule is COc1ccc(-n2nc(C(=O)NC3CC3)c(C)c2Oc2ccc([N+](=O)[O-])cc2S(=O)(=O)NC(C)(C)C)cc1. The predicted molar refractivity (Wildman–Crippen MR) is 139 cm³/mol. The molecule has 3 aromatic rings. The van der Waals surface area contributed by atoms with Crippen molar-refractivity contribution in [3.8, 4) is 23.1 Å². The molecule has 0 radical (unpaired) electrons. The highest BCUT2D eigenvalue weighted by molar-refractivity contribution is 7.89. The second-order valence-electron chi connectivity index (χ2n) is 9.98. The molecule has 0 saturated heterocycles. The van der Waals surface area contributed by atoms with Crippen LogP contribution in [-0.2, 0) is 10.0 Å². The Morgan fingerprint density at radius 2 is 1.82 bits per heavy atom. The van der Waals surface area contributed by atoms with E-state index < -0.39 is 31.1 Å². The summed E-state index contributed by atoms with van der Waals surface area (Å²) in [6.07, 6.45) is 1.77. The Hall–Kier alpha value is -3.97. The summed E-state index contributed by atoms with van der Waals surface area (Å²) < 4.78 is 41.8. The van der Waals surface area contributed by atoms with Gasteiger partial charge in [-0.05, 0) is 70.9 Å². The van der Waals surface area contributed by atoms with Gasteiger partial charge in [-0.1, -0.05) is 0 Å². The Balaban J connectivity index is 1.85. The van der Waals surface area contributed by atoms with Crippen molar-refractivity contribution in [3.05, 3.63) is 63.8 Å². The number of benzene rings is 2. The second kappa shape index (κ2) is 10.1. The number of nitrogens with zero attached hydrogens (tertiary/aromatic N) is 3. The summed E-state index contributed by atoms with van der Waals surface area (Å²) in [6.45, 7) is 6.58. The van der Waals surface area contributed by atoms with Gasteiger partial charge in [-0.2, -0.15) is 9.78 Å². The maximum absolute atomic E-state index is 13.3. The number of non-ortho nitro benzene ring substituents is 1. The first-order valence-electron chi connectivity index (χ1n) is 11.8. The van der Waals surface area contributed by atoms with Gasteiger partial charge in [0.2, 0.25) is 15.9 Å². The molecule has 13 heteroatoms. The molecular formula is C25H29N5O7S. The van der Waals surface area contributed by atoms with E-state index >= 15 is 0 Å². The minimum absolute atomic E-state index is 0.0807. The number of aromatic nitrogens is 2. The summed E-state index contributed by atoms with van der Waals surface area (Å²) >= 11 is 0. The maximum Gasteiger partial charge on any atom is 0.272 e. The summed E-state index contributed by atoms with van der Waals surface area (Å²) in [7, 11) is -2.71. The van der Waals surface area contributed by atoms with Crippen LogP contribution in [0.5, 0.6) is 17.4 Å². The molecular weight excluding hydrogens is 514 g/mol. The molecule has 1 amide bonds. The van der Waals surface area contributed by atoms with Gasteiger partial charge in [0.15, 0.2) is 5.69 Å². The van der Waals surface area contributed by atoms with Gasteiger partial charge in [0.25, 0.3) is 11.6 Å². The number of amides is 1. The van der Waals surface area contributed by atoms with Crippen molar-refractivity contribution in [3.63, 3.8) is 0 Å². The summed E-state index contributed by atoms with van der Waals surface area (Å²) in [4.78, 5) is 23.2. The molecule has 1 aliphatic rings. The van der Waals surface area contributed by atoms with E-state index in [2.05, 4.69) is 15.1 Å². The second-order valence-corrected chi connectivity index (χ2v) is 11.6. The normalized spacial score (nSPS) is 13.7. The molecule has 1 aliphatic carbocycles. The van der Waals surface area contributed by atoms with Crippen LogP contribution in [-0.4, -0.2) is 47.7 Å². The lowest BCUT2D eigenvalue weighted by Gasteiger charge is -2.21. The summed E-state index contributed by atoms with van der Waals surface area (Å²) in [6, 6.07) is 10.2. The number of hydrogen-bond donors (Lipinski definition) is 2. The van der Waals surface area contributed by atoms with Gasteiger partial charge in [-0.15, -0.1) is 0 Å². The van der Waals surface area contributed by atoms with Gasteiger partial charge in [-0.25, -0.2) is 13.1 Å². The minimum atomic E-state index is -4.25. The Morgan fingerprint density at radius 1 is 1.16 bits per heavy atom. The molecule has 1 heterocycles. The fourth-order valence-electron chi connectivity index (χ4n) is 3.66. The fraction of sp³-hybridized carbons (Fsp3) is 0.360. The molecule has 38 heavy (non-hydrogen) atoms. The number of nitro groups is 1. The number of nitro benzene ring substituents is 1. The van der Waals surface area contributed by atoms with Crippen molar-refractivity contribution >= 4 is 21.6 Å². The molecule has 0 spiro atoms. The summed E-state index contributed by atoms with van der Waals surface area (Å²) in [5.74, 6) is 0.133. The van der Waals surface area contributed by atoms with Crippen LogP contribution in [0, 0.1) is 17.0 Å². The fourth-order valence-corrected chi connectivity index (χ4v) is 5.23. The van der Waals surface area contributed by atoms with E-state index in [9.17, 15) is 23.3 Å². The van der Waals surface area contributed by atoms with Crippen molar-refractivity contribution in [2.75, 3.05) is 7.11 Å². The average Bonchev–Trinajstić information content (AvgIpc) is 3.59. The zero-order valence-electron chi connectivity index (χ0n) is 21.6. The Kier molecular flexibility index (Phi) is 7.17. The van der Waals surface area contributed by atoms with Crippen LogP contribution < -0.4 is 19.5 Å². The Bertz CT molecular complexity index is 1490. The average molecular weight is 544 g/mol. The third-order valence-electron chi connectivity index (χ3n) is 5.59. The number of sulfonamides is 1. The van der Waals surface area contributed by atoms with Crippen molar-refractivity contribution in [2.45, 2.75) is 57.0 Å². The molecule has 0 atom stereocenters. The lowest BCUT2D eigenvalue weighted by atomic mass is 10.1. The zero-order chi connectivity index (χ0) is 27.8. The number of hydrogen-bond acceptors (Lipinski definition) is 8.